The summed E-state index contributed by atoms with van der Waals surface area (Å²) in [5, 5.41) is 5.47. The van der Waals surface area contributed by atoms with E-state index in [2.05, 4.69) is 17.0 Å². The van der Waals surface area contributed by atoms with Gasteiger partial charge in [0.15, 0.2) is 0 Å². The Morgan fingerprint density at radius 3 is 2.64 bits per heavy atom. The molecule has 5 rings (SSSR count). The fourth-order valence-electron chi connectivity index (χ4n) is 4.87. The van der Waals surface area contributed by atoms with Gasteiger partial charge in [0, 0.05) is 18.5 Å². The Hall–Kier alpha value is -1.82. The van der Waals surface area contributed by atoms with Crippen molar-refractivity contribution in [2.24, 2.45) is 5.92 Å². The van der Waals surface area contributed by atoms with Crippen LogP contribution < -0.4 is 0 Å². The highest BCUT2D eigenvalue weighted by atomic mass is 32.2. The van der Waals surface area contributed by atoms with Crippen LogP contribution in [0.2, 0.25) is 0 Å². The molecular formula is C22H28N4OS. The lowest BCUT2D eigenvalue weighted by Crippen LogP contribution is -2.50. The average molecular weight is 397 g/mol. The largest absolute Gasteiger partial charge is 0.339 e. The summed E-state index contributed by atoms with van der Waals surface area (Å²) in [5.74, 6) is 3.01. The molecular weight excluding hydrogens is 368 g/mol. The quantitative estimate of drug-likeness (QED) is 0.702. The van der Waals surface area contributed by atoms with Crippen LogP contribution in [0.4, 0.5) is 0 Å². The highest BCUT2D eigenvalue weighted by molar-refractivity contribution is 7.99. The first-order valence-electron chi connectivity index (χ1n) is 10.7. The second kappa shape index (κ2) is 7.90. The predicted octanol–water partition coefficient (Wildman–Crippen LogP) is 4.42. The summed E-state index contributed by atoms with van der Waals surface area (Å²) in [6.07, 6.45) is 9.92. The molecule has 1 aromatic heterocycles. The third-order valence-electron chi connectivity index (χ3n) is 6.44. The Balaban J connectivity index is 1.28. The summed E-state index contributed by atoms with van der Waals surface area (Å²) < 4.78 is 1.97. The molecule has 1 amide bonds. The van der Waals surface area contributed by atoms with E-state index in [-0.39, 0.29) is 5.91 Å². The number of aromatic nitrogens is 3. The number of hydrogen-bond donors (Lipinski definition) is 0. The Morgan fingerprint density at radius 2 is 1.82 bits per heavy atom. The number of carbonyl (C=O) groups is 1. The Morgan fingerprint density at radius 1 is 1.04 bits per heavy atom. The van der Waals surface area contributed by atoms with E-state index in [1.165, 1.54) is 56.7 Å². The highest BCUT2D eigenvalue weighted by Crippen LogP contribution is 2.40. The van der Waals surface area contributed by atoms with Crippen LogP contribution >= 0.6 is 11.8 Å². The standard InChI is InChI=1S/C22H28N4OS/c27-20(25-14-6-8-16-7-4-5-11-19(16)25)15-28-22-23-21(17-12-13-17)26(24-22)18-9-2-1-3-10-18/h1-3,9-10,16-17,19H,4-8,11-15H2/t16-,19-/m1/s1. The molecule has 148 valence electrons. The fraction of sp³-hybridized carbons (Fsp3) is 0.591. The number of fused-ring (bicyclic) bond motifs is 1. The minimum absolute atomic E-state index is 0.269. The van der Waals surface area contributed by atoms with Crippen molar-refractivity contribution in [3.05, 3.63) is 36.2 Å². The van der Waals surface area contributed by atoms with Crippen LogP contribution in [-0.4, -0.2) is 43.9 Å². The molecule has 0 radical (unpaired) electrons. The van der Waals surface area contributed by atoms with Crippen LogP contribution in [0.15, 0.2) is 35.5 Å². The Labute approximate surface area is 170 Å². The van der Waals surface area contributed by atoms with Crippen LogP contribution in [0.3, 0.4) is 0 Å². The second-order valence-corrected chi connectivity index (χ2v) is 9.35. The molecule has 28 heavy (non-hydrogen) atoms. The van der Waals surface area contributed by atoms with Crippen molar-refractivity contribution >= 4 is 17.7 Å². The normalized spacial score (nSPS) is 24.8. The number of nitrogens with zero attached hydrogens (tertiary/aromatic N) is 4. The van der Waals surface area contributed by atoms with E-state index in [0.29, 0.717) is 17.7 Å². The number of benzene rings is 1. The lowest BCUT2D eigenvalue weighted by Gasteiger charge is -2.44. The van der Waals surface area contributed by atoms with E-state index in [0.717, 1.165) is 35.6 Å². The molecule has 2 heterocycles. The van der Waals surface area contributed by atoms with Gasteiger partial charge in [0.1, 0.15) is 5.82 Å². The lowest BCUT2D eigenvalue weighted by molar-refractivity contribution is -0.134. The maximum absolute atomic E-state index is 13.0. The number of thioether (sulfide) groups is 1. The van der Waals surface area contributed by atoms with E-state index < -0.39 is 0 Å². The third-order valence-corrected chi connectivity index (χ3v) is 7.27. The summed E-state index contributed by atoms with van der Waals surface area (Å²) >= 11 is 1.50. The maximum atomic E-state index is 13.0. The molecule has 0 bridgehead atoms. The van der Waals surface area contributed by atoms with Crippen molar-refractivity contribution in [3.8, 4) is 5.69 Å². The molecule has 1 saturated heterocycles. The number of carbonyl (C=O) groups excluding carboxylic acids is 1. The highest BCUT2D eigenvalue weighted by Gasteiger charge is 2.36. The van der Waals surface area contributed by atoms with E-state index in [1.54, 1.807) is 0 Å². The summed E-state index contributed by atoms with van der Waals surface area (Å²) in [6.45, 7) is 0.930. The van der Waals surface area contributed by atoms with Crippen molar-refractivity contribution in [2.45, 2.75) is 68.5 Å². The molecule has 0 unspecified atom stereocenters. The topological polar surface area (TPSA) is 51.0 Å². The van der Waals surface area contributed by atoms with E-state index in [9.17, 15) is 4.79 Å². The molecule has 2 atom stereocenters. The van der Waals surface area contributed by atoms with E-state index in [4.69, 9.17) is 10.1 Å². The van der Waals surface area contributed by atoms with E-state index in [1.807, 2.05) is 22.9 Å². The smallest absolute Gasteiger partial charge is 0.233 e. The van der Waals surface area contributed by atoms with Gasteiger partial charge in [-0.3, -0.25) is 4.79 Å². The molecule has 3 fully saturated rings. The lowest BCUT2D eigenvalue weighted by atomic mass is 9.78. The predicted molar refractivity (Wildman–Crippen MR) is 111 cm³/mol. The first-order chi connectivity index (χ1) is 13.8. The first-order valence-corrected chi connectivity index (χ1v) is 11.7. The first kappa shape index (κ1) is 18.2. The summed E-state index contributed by atoms with van der Waals surface area (Å²) in [5.41, 5.74) is 1.05. The molecule has 2 aliphatic carbocycles. The second-order valence-electron chi connectivity index (χ2n) is 8.40. The molecule has 1 aliphatic heterocycles. The SMILES string of the molecule is O=C(CSc1nc(C2CC2)n(-c2ccccc2)n1)N1CCC[C@H]2CCCC[C@H]21. The van der Waals surface area contributed by atoms with Gasteiger partial charge in [-0.1, -0.05) is 42.8 Å². The zero-order valence-corrected chi connectivity index (χ0v) is 17.1. The molecule has 5 nitrogen and oxygen atoms in total. The van der Waals surface area contributed by atoms with Crippen LogP contribution in [0.5, 0.6) is 0 Å². The number of piperidine rings is 1. The van der Waals surface area contributed by atoms with E-state index >= 15 is 0 Å². The van der Waals surface area contributed by atoms with Gasteiger partial charge in [-0.25, -0.2) is 9.67 Å². The minimum atomic E-state index is 0.269. The average Bonchev–Trinajstić information content (AvgIpc) is 3.51. The molecule has 2 saturated carbocycles. The number of rotatable bonds is 5. The van der Waals surface area contributed by atoms with Gasteiger partial charge in [-0.15, -0.1) is 5.10 Å². The van der Waals surface area contributed by atoms with Crippen LogP contribution in [-0.2, 0) is 4.79 Å². The zero-order chi connectivity index (χ0) is 18.9. The van der Waals surface area contributed by atoms with Crippen molar-refractivity contribution in [3.63, 3.8) is 0 Å². The molecule has 0 N–H and O–H groups in total. The Kier molecular flexibility index (Phi) is 5.14. The number of hydrogen-bond acceptors (Lipinski definition) is 4. The van der Waals surface area contributed by atoms with Gasteiger partial charge in [0.05, 0.1) is 11.4 Å². The van der Waals surface area contributed by atoms with Crippen molar-refractivity contribution in [1.29, 1.82) is 0 Å². The fourth-order valence-corrected chi connectivity index (χ4v) is 5.59. The molecule has 1 aromatic carbocycles. The summed E-state index contributed by atoms with van der Waals surface area (Å²) in [4.78, 5) is 19.9. The molecule has 0 spiro atoms. The number of likely N-dealkylation sites (tertiary alicyclic amines) is 1. The monoisotopic (exact) mass is 396 g/mol. The van der Waals surface area contributed by atoms with Crippen LogP contribution in [0.25, 0.3) is 5.69 Å². The van der Waals surface area contributed by atoms with Crippen molar-refractivity contribution < 1.29 is 4.79 Å². The van der Waals surface area contributed by atoms with Gasteiger partial charge in [0.25, 0.3) is 0 Å². The summed E-state index contributed by atoms with van der Waals surface area (Å²) in [7, 11) is 0. The molecule has 2 aromatic rings. The number of amides is 1. The van der Waals surface area contributed by atoms with Crippen LogP contribution in [0.1, 0.15) is 63.1 Å². The van der Waals surface area contributed by atoms with Gasteiger partial charge >= 0.3 is 0 Å². The molecule has 6 heteroatoms. The van der Waals surface area contributed by atoms with Crippen molar-refractivity contribution in [2.75, 3.05) is 12.3 Å². The summed E-state index contributed by atoms with van der Waals surface area (Å²) in [6, 6.07) is 10.7. The van der Waals surface area contributed by atoms with Gasteiger partial charge < -0.3 is 4.90 Å². The third kappa shape index (κ3) is 3.71. The van der Waals surface area contributed by atoms with Crippen LogP contribution in [0, 0.1) is 5.92 Å². The zero-order valence-electron chi connectivity index (χ0n) is 16.3. The minimum Gasteiger partial charge on any atom is -0.339 e. The van der Waals surface area contributed by atoms with Crippen molar-refractivity contribution in [1.82, 2.24) is 19.7 Å². The number of para-hydroxylation sites is 1. The maximum Gasteiger partial charge on any atom is 0.233 e. The molecule has 3 aliphatic rings. The van der Waals surface area contributed by atoms with Gasteiger partial charge in [-0.05, 0) is 56.6 Å². The van der Waals surface area contributed by atoms with Gasteiger partial charge in [0.2, 0.25) is 11.1 Å². The Bertz CT molecular complexity index is 830. The van der Waals surface area contributed by atoms with Gasteiger partial charge in [-0.2, -0.15) is 0 Å².